The summed E-state index contributed by atoms with van der Waals surface area (Å²) in [6.07, 6.45) is 3.93. The highest BCUT2D eigenvalue weighted by Gasteiger charge is 2.28. The van der Waals surface area contributed by atoms with Gasteiger partial charge in [-0.3, -0.25) is 0 Å². The van der Waals surface area contributed by atoms with Gasteiger partial charge in [-0.25, -0.2) is 0 Å². The maximum atomic E-state index is 5.87. The van der Waals surface area contributed by atoms with Crippen LogP contribution in [0.1, 0.15) is 31.7 Å². The molecule has 1 N–H and O–H groups in total. The van der Waals surface area contributed by atoms with Gasteiger partial charge in [-0.1, -0.05) is 19.1 Å². The molecule has 0 amide bonds. The highest BCUT2D eigenvalue weighted by molar-refractivity contribution is 5.26. The zero-order valence-electron chi connectivity index (χ0n) is 11.3. The summed E-state index contributed by atoms with van der Waals surface area (Å²) in [5, 5.41) is 3.52. The van der Waals surface area contributed by atoms with Crippen LogP contribution in [-0.2, 0) is 11.3 Å². The molecule has 3 nitrogen and oxygen atoms in total. The van der Waals surface area contributed by atoms with Crippen molar-refractivity contribution in [3.05, 3.63) is 29.8 Å². The minimum atomic E-state index is 0.432. The van der Waals surface area contributed by atoms with E-state index in [1.54, 1.807) is 7.11 Å². The number of nitrogens with one attached hydrogen (secondary N) is 1. The molecule has 0 radical (unpaired) electrons. The molecule has 100 valence electrons. The summed E-state index contributed by atoms with van der Waals surface area (Å²) in [5.41, 5.74) is 1.21. The van der Waals surface area contributed by atoms with E-state index in [1.807, 2.05) is 12.1 Å². The Kier molecular flexibility index (Phi) is 5.02. The van der Waals surface area contributed by atoms with Crippen LogP contribution in [0.5, 0.6) is 5.75 Å². The van der Waals surface area contributed by atoms with Gasteiger partial charge in [0.05, 0.1) is 19.8 Å². The van der Waals surface area contributed by atoms with E-state index in [0.29, 0.717) is 18.8 Å². The summed E-state index contributed by atoms with van der Waals surface area (Å²) < 4.78 is 11.0. The van der Waals surface area contributed by atoms with E-state index in [4.69, 9.17) is 9.47 Å². The quantitative estimate of drug-likeness (QED) is 0.806. The van der Waals surface area contributed by atoms with Crippen LogP contribution in [0.2, 0.25) is 0 Å². The molecule has 0 spiro atoms. The van der Waals surface area contributed by atoms with Gasteiger partial charge in [0.1, 0.15) is 5.75 Å². The summed E-state index contributed by atoms with van der Waals surface area (Å²) >= 11 is 0. The maximum Gasteiger partial charge on any atom is 0.118 e. The van der Waals surface area contributed by atoms with Crippen LogP contribution < -0.4 is 10.1 Å². The van der Waals surface area contributed by atoms with E-state index in [9.17, 15) is 0 Å². The Bertz CT molecular complexity index is 344. The van der Waals surface area contributed by atoms with Gasteiger partial charge in [-0.15, -0.1) is 0 Å². The molecule has 0 heterocycles. The topological polar surface area (TPSA) is 30.5 Å². The summed E-state index contributed by atoms with van der Waals surface area (Å²) in [6.45, 7) is 4.02. The van der Waals surface area contributed by atoms with Crippen LogP contribution in [-0.4, -0.2) is 25.8 Å². The first-order chi connectivity index (χ1) is 8.81. The van der Waals surface area contributed by atoms with E-state index >= 15 is 0 Å². The Morgan fingerprint density at radius 3 is 2.56 bits per heavy atom. The zero-order chi connectivity index (χ0) is 12.8. The molecule has 3 heteroatoms. The first-order valence-electron chi connectivity index (χ1n) is 6.79. The van der Waals surface area contributed by atoms with Gasteiger partial charge in [0.2, 0.25) is 0 Å². The summed E-state index contributed by atoms with van der Waals surface area (Å²) in [7, 11) is 1.68. The number of methoxy groups -OCH3 is 1. The van der Waals surface area contributed by atoms with E-state index in [1.165, 1.54) is 12.0 Å². The average molecular weight is 249 g/mol. The average Bonchev–Trinajstić information content (AvgIpc) is 2.37. The fourth-order valence-corrected chi connectivity index (χ4v) is 2.15. The van der Waals surface area contributed by atoms with Crippen molar-refractivity contribution in [2.75, 3.05) is 13.7 Å². The largest absolute Gasteiger partial charge is 0.497 e. The lowest BCUT2D eigenvalue weighted by Gasteiger charge is -2.35. The molecule has 0 unspecified atom stereocenters. The first-order valence-corrected chi connectivity index (χ1v) is 6.79. The molecule has 1 fully saturated rings. The van der Waals surface area contributed by atoms with Gasteiger partial charge in [0.25, 0.3) is 0 Å². The highest BCUT2D eigenvalue weighted by atomic mass is 16.5. The third-order valence-corrected chi connectivity index (χ3v) is 3.42. The van der Waals surface area contributed by atoms with Crippen LogP contribution in [0.25, 0.3) is 0 Å². The Morgan fingerprint density at radius 1 is 1.22 bits per heavy atom. The summed E-state index contributed by atoms with van der Waals surface area (Å²) in [6, 6.07) is 8.75. The Morgan fingerprint density at radius 2 is 1.94 bits per heavy atom. The van der Waals surface area contributed by atoms with Crippen LogP contribution in [0.3, 0.4) is 0 Å². The maximum absolute atomic E-state index is 5.87. The molecule has 1 aliphatic carbocycles. The first kappa shape index (κ1) is 13.4. The van der Waals surface area contributed by atoms with Gasteiger partial charge >= 0.3 is 0 Å². The number of ether oxygens (including phenoxy) is 2. The van der Waals surface area contributed by atoms with Gasteiger partial charge in [0, 0.05) is 6.04 Å². The standard InChI is InChI=1S/C15H23NO2/c1-3-8-16-13-9-15(10-13)18-11-12-4-6-14(17-2)7-5-12/h4-7,13,15-16H,3,8-11H2,1-2H3. The number of hydrogen-bond donors (Lipinski definition) is 1. The van der Waals surface area contributed by atoms with Gasteiger partial charge in [-0.2, -0.15) is 0 Å². The van der Waals surface area contributed by atoms with Crippen molar-refractivity contribution >= 4 is 0 Å². The second kappa shape index (κ2) is 6.76. The van der Waals surface area contributed by atoms with Gasteiger partial charge in [0.15, 0.2) is 0 Å². The molecular weight excluding hydrogens is 226 g/mol. The SMILES string of the molecule is CCCNC1CC(OCc2ccc(OC)cc2)C1. The molecule has 0 bridgehead atoms. The predicted octanol–water partition coefficient (Wildman–Crippen LogP) is 2.74. The molecular formula is C15H23NO2. The van der Waals surface area contributed by atoms with E-state index in [2.05, 4.69) is 24.4 Å². The molecule has 0 aromatic heterocycles. The number of hydrogen-bond acceptors (Lipinski definition) is 3. The fraction of sp³-hybridized carbons (Fsp3) is 0.600. The van der Waals surface area contributed by atoms with Crippen molar-refractivity contribution in [2.24, 2.45) is 0 Å². The van der Waals surface area contributed by atoms with Crippen molar-refractivity contribution in [3.8, 4) is 5.75 Å². The molecule has 1 saturated carbocycles. The minimum Gasteiger partial charge on any atom is -0.497 e. The second-order valence-corrected chi connectivity index (χ2v) is 4.90. The second-order valence-electron chi connectivity index (χ2n) is 4.90. The molecule has 1 aliphatic rings. The Balaban J connectivity index is 1.64. The lowest BCUT2D eigenvalue weighted by Crippen LogP contribution is -2.45. The van der Waals surface area contributed by atoms with Crippen molar-refractivity contribution in [2.45, 2.75) is 44.9 Å². The van der Waals surface area contributed by atoms with Crippen LogP contribution in [0.4, 0.5) is 0 Å². The predicted molar refractivity (Wildman–Crippen MR) is 72.9 cm³/mol. The third-order valence-electron chi connectivity index (χ3n) is 3.42. The minimum absolute atomic E-state index is 0.432. The molecule has 0 aliphatic heterocycles. The molecule has 1 aromatic rings. The summed E-state index contributed by atoms with van der Waals surface area (Å²) in [4.78, 5) is 0. The summed E-state index contributed by atoms with van der Waals surface area (Å²) in [5.74, 6) is 0.895. The van der Waals surface area contributed by atoms with Gasteiger partial charge < -0.3 is 14.8 Å². The smallest absolute Gasteiger partial charge is 0.118 e. The number of rotatable bonds is 7. The molecule has 2 rings (SSSR count). The Labute approximate surface area is 109 Å². The lowest BCUT2D eigenvalue weighted by atomic mass is 9.89. The monoisotopic (exact) mass is 249 g/mol. The van der Waals surface area contributed by atoms with E-state index in [0.717, 1.165) is 25.1 Å². The normalized spacial score (nSPS) is 22.6. The lowest BCUT2D eigenvalue weighted by molar-refractivity contribution is -0.0264. The highest BCUT2D eigenvalue weighted by Crippen LogP contribution is 2.24. The van der Waals surface area contributed by atoms with E-state index < -0.39 is 0 Å². The molecule has 18 heavy (non-hydrogen) atoms. The van der Waals surface area contributed by atoms with E-state index in [-0.39, 0.29) is 0 Å². The fourth-order valence-electron chi connectivity index (χ4n) is 2.15. The molecule has 1 aromatic carbocycles. The van der Waals surface area contributed by atoms with Crippen molar-refractivity contribution in [1.29, 1.82) is 0 Å². The third kappa shape index (κ3) is 3.72. The van der Waals surface area contributed by atoms with Crippen LogP contribution in [0, 0.1) is 0 Å². The molecule has 0 saturated heterocycles. The Hall–Kier alpha value is -1.06. The number of benzene rings is 1. The zero-order valence-corrected chi connectivity index (χ0v) is 11.3. The van der Waals surface area contributed by atoms with Crippen molar-refractivity contribution in [3.63, 3.8) is 0 Å². The van der Waals surface area contributed by atoms with Gasteiger partial charge in [-0.05, 0) is 43.5 Å². The van der Waals surface area contributed by atoms with Crippen molar-refractivity contribution < 1.29 is 9.47 Å². The molecule has 0 atom stereocenters. The van der Waals surface area contributed by atoms with Crippen LogP contribution in [0.15, 0.2) is 24.3 Å². The van der Waals surface area contributed by atoms with Crippen LogP contribution >= 0.6 is 0 Å². The van der Waals surface area contributed by atoms with Crippen molar-refractivity contribution in [1.82, 2.24) is 5.32 Å².